The van der Waals surface area contributed by atoms with Crippen LogP contribution in [0.3, 0.4) is 0 Å². The molecule has 1 atom stereocenters. The molecule has 0 amide bonds. The smallest absolute Gasteiger partial charge is 0.124 e. The first-order chi connectivity index (χ1) is 7.56. The summed E-state index contributed by atoms with van der Waals surface area (Å²) in [5, 5.41) is 10.6. The second kappa shape index (κ2) is 4.47. The van der Waals surface area contributed by atoms with E-state index in [9.17, 15) is 9.50 Å². The van der Waals surface area contributed by atoms with Gasteiger partial charge in [0.1, 0.15) is 5.82 Å². The monoisotopic (exact) mass is 239 g/mol. The summed E-state index contributed by atoms with van der Waals surface area (Å²) in [7, 11) is 0. The van der Waals surface area contributed by atoms with Crippen LogP contribution in [-0.2, 0) is 6.42 Å². The second-order valence-electron chi connectivity index (χ2n) is 4.24. The summed E-state index contributed by atoms with van der Waals surface area (Å²) in [6.45, 7) is 3.94. The number of benzene rings is 1. The highest BCUT2D eigenvalue weighted by Gasteiger charge is 2.13. The number of nitrogens with zero attached hydrogens (tertiary/aromatic N) is 1. The van der Waals surface area contributed by atoms with Crippen LogP contribution in [0, 0.1) is 11.7 Å². The van der Waals surface area contributed by atoms with Gasteiger partial charge in [-0.2, -0.15) is 0 Å². The molecule has 4 heteroatoms. The Morgan fingerprint density at radius 1 is 1.44 bits per heavy atom. The Morgan fingerprint density at radius 2 is 2.19 bits per heavy atom. The van der Waals surface area contributed by atoms with Gasteiger partial charge in [0.2, 0.25) is 0 Å². The molecule has 0 aliphatic rings. The lowest BCUT2D eigenvalue weighted by Gasteiger charge is -2.11. The molecule has 1 N–H and O–H groups in total. The molecule has 2 nitrogen and oxygen atoms in total. The first-order valence-electron chi connectivity index (χ1n) is 5.29. The highest BCUT2D eigenvalue weighted by Crippen LogP contribution is 2.24. The number of halogens is 1. The standard InChI is InChI=1S/C12H14FNOS/c1-7(2)10(15)6-12-14-9-4-3-8(13)5-11(9)16-12/h3-5,7,10,15H,6H2,1-2H3. The van der Waals surface area contributed by atoms with E-state index in [2.05, 4.69) is 4.98 Å². The van der Waals surface area contributed by atoms with Crippen LogP contribution in [-0.4, -0.2) is 16.2 Å². The van der Waals surface area contributed by atoms with Crippen molar-refractivity contribution in [2.24, 2.45) is 5.92 Å². The lowest BCUT2D eigenvalue weighted by Crippen LogP contribution is -2.17. The third-order valence-corrected chi connectivity index (χ3v) is 3.59. The second-order valence-corrected chi connectivity index (χ2v) is 5.35. The number of hydrogen-bond donors (Lipinski definition) is 1. The molecule has 2 aromatic rings. The van der Waals surface area contributed by atoms with Gasteiger partial charge < -0.3 is 5.11 Å². The van der Waals surface area contributed by atoms with Crippen LogP contribution in [0.15, 0.2) is 18.2 Å². The summed E-state index contributed by atoms with van der Waals surface area (Å²) in [6.07, 6.45) is 0.156. The average molecular weight is 239 g/mol. The molecule has 0 aliphatic carbocycles. The fraction of sp³-hybridized carbons (Fsp3) is 0.417. The zero-order valence-corrected chi connectivity index (χ0v) is 10.1. The van der Waals surface area contributed by atoms with Crippen LogP contribution in [0.4, 0.5) is 4.39 Å². The number of rotatable bonds is 3. The van der Waals surface area contributed by atoms with Gasteiger partial charge in [0.15, 0.2) is 0 Å². The lowest BCUT2D eigenvalue weighted by molar-refractivity contribution is 0.125. The predicted octanol–water partition coefficient (Wildman–Crippen LogP) is 2.99. The van der Waals surface area contributed by atoms with E-state index in [1.807, 2.05) is 13.8 Å². The normalized spacial score (nSPS) is 13.6. The summed E-state index contributed by atoms with van der Waals surface area (Å²) in [5.74, 6) is -0.0316. The zero-order chi connectivity index (χ0) is 11.7. The summed E-state index contributed by atoms with van der Waals surface area (Å²) in [4.78, 5) is 4.37. The zero-order valence-electron chi connectivity index (χ0n) is 9.27. The molecule has 16 heavy (non-hydrogen) atoms. The van der Waals surface area contributed by atoms with Crippen molar-refractivity contribution in [3.63, 3.8) is 0 Å². The number of fused-ring (bicyclic) bond motifs is 1. The lowest BCUT2D eigenvalue weighted by atomic mass is 10.1. The minimum absolute atomic E-state index is 0.212. The maximum absolute atomic E-state index is 13.0. The van der Waals surface area contributed by atoms with E-state index < -0.39 is 0 Å². The third-order valence-electron chi connectivity index (χ3n) is 2.55. The molecule has 1 heterocycles. The van der Waals surface area contributed by atoms with Gasteiger partial charge in [-0.3, -0.25) is 0 Å². The van der Waals surface area contributed by atoms with E-state index in [0.29, 0.717) is 6.42 Å². The number of thiazole rings is 1. The van der Waals surface area contributed by atoms with Crippen molar-refractivity contribution in [1.29, 1.82) is 0 Å². The van der Waals surface area contributed by atoms with E-state index in [4.69, 9.17) is 0 Å². The summed E-state index contributed by atoms with van der Waals surface area (Å²) >= 11 is 1.45. The van der Waals surface area contributed by atoms with E-state index in [1.165, 1.54) is 23.5 Å². The number of aliphatic hydroxyl groups is 1. The van der Waals surface area contributed by atoms with Crippen molar-refractivity contribution < 1.29 is 9.50 Å². The Kier molecular flexibility index (Phi) is 3.21. The van der Waals surface area contributed by atoms with Gasteiger partial charge in [-0.15, -0.1) is 11.3 Å². The topological polar surface area (TPSA) is 33.1 Å². The Labute approximate surface area is 97.8 Å². The third kappa shape index (κ3) is 2.39. The largest absolute Gasteiger partial charge is 0.392 e. The molecule has 0 bridgehead atoms. The van der Waals surface area contributed by atoms with Crippen LogP contribution in [0.5, 0.6) is 0 Å². The molecule has 1 aromatic carbocycles. The predicted molar refractivity (Wildman–Crippen MR) is 64.1 cm³/mol. The fourth-order valence-corrected chi connectivity index (χ4v) is 2.49. The van der Waals surface area contributed by atoms with Gasteiger partial charge in [0.05, 0.1) is 21.3 Å². The summed E-state index contributed by atoms with van der Waals surface area (Å²) in [6, 6.07) is 4.56. The summed E-state index contributed by atoms with van der Waals surface area (Å²) < 4.78 is 13.8. The first kappa shape index (κ1) is 11.5. The van der Waals surface area contributed by atoms with Crippen LogP contribution in [0.2, 0.25) is 0 Å². The number of aliphatic hydroxyl groups excluding tert-OH is 1. The van der Waals surface area contributed by atoms with Crippen molar-refractivity contribution >= 4 is 21.6 Å². The van der Waals surface area contributed by atoms with Gasteiger partial charge in [0.25, 0.3) is 0 Å². The molecule has 0 spiro atoms. The van der Waals surface area contributed by atoms with E-state index in [1.54, 1.807) is 6.07 Å². The SMILES string of the molecule is CC(C)C(O)Cc1nc2ccc(F)cc2s1. The first-order valence-corrected chi connectivity index (χ1v) is 6.11. The summed E-state index contributed by atoms with van der Waals surface area (Å²) in [5.41, 5.74) is 0.803. The minimum atomic E-state index is -0.384. The molecule has 0 saturated carbocycles. The Balaban J connectivity index is 2.26. The van der Waals surface area contributed by atoms with Gasteiger partial charge in [-0.05, 0) is 24.1 Å². The molecule has 0 aliphatic heterocycles. The van der Waals surface area contributed by atoms with E-state index in [-0.39, 0.29) is 17.8 Å². The van der Waals surface area contributed by atoms with Gasteiger partial charge in [-0.1, -0.05) is 13.8 Å². The van der Waals surface area contributed by atoms with Crippen LogP contribution < -0.4 is 0 Å². The highest BCUT2D eigenvalue weighted by molar-refractivity contribution is 7.18. The molecule has 2 rings (SSSR count). The molecule has 1 aromatic heterocycles. The molecule has 0 radical (unpaired) electrons. The quantitative estimate of drug-likeness (QED) is 0.893. The van der Waals surface area contributed by atoms with Crippen molar-refractivity contribution in [1.82, 2.24) is 4.98 Å². The van der Waals surface area contributed by atoms with Gasteiger partial charge in [0, 0.05) is 6.42 Å². The van der Waals surface area contributed by atoms with Crippen molar-refractivity contribution in [2.75, 3.05) is 0 Å². The van der Waals surface area contributed by atoms with Crippen molar-refractivity contribution in [3.8, 4) is 0 Å². The van der Waals surface area contributed by atoms with E-state index >= 15 is 0 Å². The Bertz CT molecular complexity index is 495. The molecular formula is C12H14FNOS. The Hall–Kier alpha value is -1.000. The van der Waals surface area contributed by atoms with Crippen LogP contribution in [0.1, 0.15) is 18.9 Å². The Morgan fingerprint density at radius 3 is 2.88 bits per heavy atom. The molecule has 0 saturated heterocycles. The van der Waals surface area contributed by atoms with Crippen LogP contribution in [0.25, 0.3) is 10.2 Å². The van der Waals surface area contributed by atoms with Gasteiger partial charge in [-0.25, -0.2) is 9.37 Å². The number of aromatic nitrogens is 1. The van der Waals surface area contributed by atoms with E-state index in [0.717, 1.165) is 15.2 Å². The molecule has 86 valence electrons. The average Bonchev–Trinajstić information content (AvgIpc) is 2.58. The van der Waals surface area contributed by atoms with Crippen LogP contribution >= 0.6 is 11.3 Å². The minimum Gasteiger partial charge on any atom is -0.392 e. The van der Waals surface area contributed by atoms with Gasteiger partial charge >= 0.3 is 0 Å². The highest BCUT2D eigenvalue weighted by atomic mass is 32.1. The molecular weight excluding hydrogens is 225 g/mol. The number of hydrogen-bond acceptors (Lipinski definition) is 3. The van der Waals surface area contributed by atoms with Crippen molar-refractivity contribution in [2.45, 2.75) is 26.4 Å². The molecule has 1 unspecified atom stereocenters. The maximum Gasteiger partial charge on any atom is 0.124 e. The van der Waals surface area contributed by atoms with Crippen molar-refractivity contribution in [3.05, 3.63) is 29.0 Å². The maximum atomic E-state index is 13.0. The fourth-order valence-electron chi connectivity index (χ4n) is 1.45. The molecule has 0 fully saturated rings.